The fourth-order valence-electron chi connectivity index (χ4n) is 2.15. The minimum Gasteiger partial charge on any atom is -0.466 e. The van der Waals surface area contributed by atoms with Gasteiger partial charge < -0.3 is 15.2 Å². The predicted octanol–water partition coefficient (Wildman–Crippen LogP) is 2.45. The van der Waals surface area contributed by atoms with E-state index in [1.807, 2.05) is 44.2 Å². The van der Waals surface area contributed by atoms with Crippen molar-refractivity contribution in [1.29, 1.82) is 0 Å². The first-order chi connectivity index (χ1) is 9.99. The third-order valence-corrected chi connectivity index (χ3v) is 3.54. The molecule has 1 aromatic carbocycles. The number of hydrogen-bond donors (Lipinski definition) is 2. The summed E-state index contributed by atoms with van der Waals surface area (Å²) in [6, 6.07) is 9.72. The van der Waals surface area contributed by atoms with Crippen LogP contribution in [0, 0.1) is 5.92 Å². The summed E-state index contributed by atoms with van der Waals surface area (Å²) in [4.78, 5) is 11.6. The number of aliphatic hydroxyl groups excluding tert-OH is 1. The molecule has 116 valence electrons. The van der Waals surface area contributed by atoms with Crippen molar-refractivity contribution >= 4 is 5.97 Å². The summed E-state index contributed by atoms with van der Waals surface area (Å²) in [6.45, 7) is 7.93. The summed E-state index contributed by atoms with van der Waals surface area (Å²) in [5.41, 5.74) is 1.47. The van der Waals surface area contributed by atoms with Gasteiger partial charge in [-0.2, -0.15) is 0 Å². The van der Waals surface area contributed by atoms with E-state index in [0.717, 1.165) is 5.56 Å². The Labute approximate surface area is 126 Å². The van der Waals surface area contributed by atoms with Gasteiger partial charge in [0.2, 0.25) is 0 Å². The second-order valence-electron chi connectivity index (χ2n) is 5.46. The molecule has 0 aromatic heterocycles. The summed E-state index contributed by atoms with van der Waals surface area (Å²) in [7, 11) is 1.35. The Morgan fingerprint density at radius 1 is 1.33 bits per heavy atom. The van der Waals surface area contributed by atoms with Crippen LogP contribution in [0.1, 0.15) is 31.9 Å². The highest BCUT2D eigenvalue weighted by Crippen LogP contribution is 2.22. The average Bonchev–Trinajstić information content (AvgIpc) is 2.50. The average molecular weight is 291 g/mol. The van der Waals surface area contributed by atoms with E-state index in [1.54, 1.807) is 0 Å². The van der Waals surface area contributed by atoms with Gasteiger partial charge in [0.25, 0.3) is 0 Å². The van der Waals surface area contributed by atoms with Gasteiger partial charge >= 0.3 is 5.97 Å². The van der Waals surface area contributed by atoms with Gasteiger partial charge in [-0.15, -0.1) is 0 Å². The fraction of sp³-hybridized carbons (Fsp3) is 0.471. The summed E-state index contributed by atoms with van der Waals surface area (Å²) in [5.74, 6) is -0.115. The number of methoxy groups -OCH3 is 1. The summed E-state index contributed by atoms with van der Waals surface area (Å²) in [5, 5.41) is 12.9. The van der Waals surface area contributed by atoms with E-state index in [0.29, 0.717) is 12.0 Å². The van der Waals surface area contributed by atoms with Crippen LogP contribution in [-0.2, 0) is 9.53 Å². The lowest BCUT2D eigenvalue weighted by molar-refractivity contribution is -0.136. The third kappa shape index (κ3) is 5.33. The number of rotatable bonds is 8. The number of benzene rings is 1. The zero-order chi connectivity index (χ0) is 15.8. The molecule has 4 nitrogen and oxygen atoms in total. The lowest BCUT2D eigenvalue weighted by atomic mass is 9.96. The molecule has 0 heterocycles. The molecule has 0 aliphatic rings. The monoisotopic (exact) mass is 291 g/mol. The molecule has 0 aliphatic carbocycles. The molecule has 0 saturated heterocycles. The minimum absolute atomic E-state index is 0.0411. The van der Waals surface area contributed by atoms with Gasteiger partial charge in [-0.25, -0.2) is 4.79 Å². The van der Waals surface area contributed by atoms with Crippen molar-refractivity contribution in [1.82, 2.24) is 5.32 Å². The molecule has 4 heteroatoms. The van der Waals surface area contributed by atoms with Crippen molar-refractivity contribution in [3.8, 4) is 0 Å². The Morgan fingerprint density at radius 2 is 1.95 bits per heavy atom. The first-order valence-corrected chi connectivity index (χ1v) is 7.17. The van der Waals surface area contributed by atoms with Gasteiger partial charge in [0.05, 0.1) is 13.7 Å². The number of ether oxygens (including phenoxy) is 1. The molecule has 0 spiro atoms. The Kier molecular flexibility index (Phi) is 7.12. The quantitative estimate of drug-likeness (QED) is 0.570. The number of nitrogens with one attached hydrogen (secondary N) is 1. The smallest absolute Gasteiger partial charge is 0.333 e. The van der Waals surface area contributed by atoms with Gasteiger partial charge in [-0.05, 0) is 17.9 Å². The fourth-order valence-corrected chi connectivity index (χ4v) is 2.15. The molecule has 1 aromatic rings. The standard InChI is InChI=1S/C17H25NO3/c1-12(2)16(11-19)18-15(10-13(3)17(20)21-4)14-8-6-5-7-9-14/h5-9,12,15-16,18-19H,3,10-11H2,1-2,4H3/t15-,16+/m0/s1. The van der Waals surface area contributed by atoms with Crippen LogP contribution >= 0.6 is 0 Å². The number of aliphatic hydroxyl groups is 1. The predicted molar refractivity (Wildman–Crippen MR) is 83.8 cm³/mol. The highest BCUT2D eigenvalue weighted by Gasteiger charge is 2.21. The Hall–Kier alpha value is -1.65. The largest absolute Gasteiger partial charge is 0.466 e. The lowest BCUT2D eigenvalue weighted by Gasteiger charge is -2.27. The van der Waals surface area contributed by atoms with Crippen molar-refractivity contribution in [3.63, 3.8) is 0 Å². The number of carbonyl (C=O) groups is 1. The molecule has 2 atom stereocenters. The van der Waals surface area contributed by atoms with Crippen molar-refractivity contribution in [2.45, 2.75) is 32.4 Å². The second-order valence-corrected chi connectivity index (χ2v) is 5.46. The van der Waals surface area contributed by atoms with E-state index >= 15 is 0 Å². The number of hydrogen-bond acceptors (Lipinski definition) is 4. The van der Waals surface area contributed by atoms with Crippen LogP contribution < -0.4 is 5.32 Å². The Bertz CT molecular complexity index is 456. The molecule has 0 bridgehead atoms. The van der Waals surface area contributed by atoms with E-state index in [4.69, 9.17) is 4.74 Å². The summed E-state index contributed by atoms with van der Waals surface area (Å²) < 4.78 is 4.71. The molecule has 0 aliphatic heterocycles. The first-order valence-electron chi connectivity index (χ1n) is 7.17. The van der Waals surface area contributed by atoms with Gasteiger partial charge in [0, 0.05) is 17.7 Å². The molecule has 21 heavy (non-hydrogen) atoms. The highest BCUT2D eigenvalue weighted by molar-refractivity contribution is 5.87. The van der Waals surface area contributed by atoms with E-state index in [9.17, 15) is 9.90 Å². The molecule has 0 unspecified atom stereocenters. The highest BCUT2D eigenvalue weighted by atomic mass is 16.5. The molecule has 0 amide bonds. The van der Waals surface area contributed by atoms with Gasteiger partial charge in [-0.1, -0.05) is 50.8 Å². The maximum Gasteiger partial charge on any atom is 0.333 e. The summed E-state index contributed by atoms with van der Waals surface area (Å²) in [6.07, 6.45) is 0.444. The van der Waals surface area contributed by atoms with Crippen molar-refractivity contribution in [2.75, 3.05) is 13.7 Å². The number of carbonyl (C=O) groups excluding carboxylic acids is 1. The van der Waals surface area contributed by atoms with Crippen LogP contribution in [-0.4, -0.2) is 30.8 Å². The maximum absolute atomic E-state index is 11.6. The SMILES string of the molecule is C=C(C[C@H](N[C@H](CO)C(C)C)c1ccccc1)C(=O)OC. The van der Waals surface area contributed by atoms with Crippen molar-refractivity contribution in [2.24, 2.45) is 5.92 Å². The van der Waals surface area contributed by atoms with Crippen LogP contribution in [0.5, 0.6) is 0 Å². The lowest BCUT2D eigenvalue weighted by Crippen LogP contribution is -2.40. The topological polar surface area (TPSA) is 58.6 Å². The van der Waals surface area contributed by atoms with E-state index in [1.165, 1.54) is 7.11 Å². The second kappa shape index (κ2) is 8.60. The van der Waals surface area contributed by atoms with Gasteiger partial charge in [0.15, 0.2) is 0 Å². The number of esters is 1. The van der Waals surface area contributed by atoms with Crippen LogP contribution in [0.2, 0.25) is 0 Å². The Balaban J connectivity index is 2.90. The zero-order valence-corrected chi connectivity index (χ0v) is 13.0. The van der Waals surface area contributed by atoms with Crippen molar-refractivity contribution < 1.29 is 14.6 Å². The van der Waals surface area contributed by atoms with Gasteiger partial charge in [0.1, 0.15) is 0 Å². The van der Waals surface area contributed by atoms with E-state index in [2.05, 4.69) is 11.9 Å². The van der Waals surface area contributed by atoms with E-state index in [-0.39, 0.29) is 24.6 Å². The van der Waals surface area contributed by atoms with Gasteiger partial charge in [-0.3, -0.25) is 0 Å². The first kappa shape index (κ1) is 17.4. The minimum atomic E-state index is -0.400. The normalized spacial score (nSPS) is 13.8. The van der Waals surface area contributed by atoms with Crippen LogP contribution in [0.15, 0.2) is 42.5 Å². The van der Waals surface area contributed by atoms with Crippen LogP contribution in [0.3, 0.4) is 0 Å². The molecule has 0 fully saturated rings. The molecular weight excluding hydrogens is 266 g/mol. The molecular formula is C17H25NO3. The van der Waals surface area contributed by atoms with Crippen LogP contribution in [0.25, 0.3) is 0 Å². The zero-order valence-electron chi connectivity index (χ0n) is 13.0. The molecule has 2 N–H and O–H groups in total. The van der Waals surface area contributed by atoms with E-state index < -0.39 is 5.97 Å². The third-order valence-electron chi connectivity index (χ3n) is 3.54. The molecule has 0 saturated carbocycles. The Morgan fingerprint density at radius 3 is 2.43 bits per heavy atom. The molecule has 1 rings (SSSR count). The molecule has 0 radical (unpaired) electrons. The van der Waals surface area contributed by atoms with Crippen LogP contribution in [0.4, 0.5) is 0 Å². The summed E-state index contributed by atoms with van der Waals surface area (Å²) >= 11 is 0. The van der Waals surface area contributed by atoms with Crippen molar-refractivity contribution in [3.05, 3.63) is 48.0 Å². The maximum atomic E-state index is 11.6.